The molecule has 0 saturated heterocycles. The molecule has 24 heavy (non-hydrogen) atoms. The lowest BCUT2D eigenvalue weighted by atomic mass is 9.89. The number of rotatable bonds is 4. The molecule has 9 heteroatoms. The molecule has 0 aliphatic carbocycles. The fraction of sp³-hybridized carbons (Fsp3) is 0.267. The molecule has 2 amide bonds. The van der Waals surface area contributed by atoms with E-state index in [1.54, 1.807) is 0 Å². The number of hydrogen-bond acceptors (Lipinski definition) is 6. The number of carbonyl (C=O) groups is 3. The molecule has 2 rings (SSSR count). The van der Waals surface area contributed by atoms with Gasteiger partial charge >= 0.3 is 5.97 Å². The zero-order valence-corrected chi connectivity index (χ0v) is 13.0. The highest BCUT2D eigenvalue weighted by Gasteiger charge is 2.36. The van der Waals surface area contributed by atoms with Crippen LogP contribution in [0.4, 0.5) is 11.4 Å². The molecule has 1 atom stereocenters. The zero-order valence-electron chi connectivity index (χ0n) is 13.0. The van der Waals surface area contributed by atoms with Gasteiger partial charge in [0, 0.05) is 29.9 Å². The van der Waals surface area contributed by atoms with Crippen LogP contribution >= 0.6 is 0 Å². The van der Waals surface area contributed by atoms with Crippen LogP contribution in [0.15, 0.2) is 35.5 Å². The lowest BCUT2D eigenvalue weighted by molar-refractivity contribution is -0.384. The second kappa shape index (κ2) is 6.90. The number of allylic oxidation sites excluding steroid dienone is 1. The van der Waals surface area contributed by atoms with E-state index in [1.165, 1.54) is 38.3 Å². The molecule has 0 fully saturated rings. The van der Waals surface area contributed by atoms with Crippen molar-refractivity contribution in [2.24, 2.45) is 5.92 Å². The molecule has 0 bridgehead atoms. The number of anilines is 1. The zero-order chi connectivity index (χ0) is 17.9. The quantitative estimate of drug-likeness (QED) is 0.483. The van der Waals surface area contributed by atoms with E-state index in [9.17, 15) is 24.5 Å². The van der Waals surface area contributed by atoms with Gasteiger partial charge in [-0.25, -0.2) is 4.79 Å². The molecular formula is C15H15N3O6. The highest BCUT2D eigenvalue weighted by Crippen LogP contribution is 2.26. The smallest absolute Gasteiger partial charge is 0.336 e. The molecule has 0 spiro atoms. The van der Waals surface area contributed by atoms with Gasteiger partial charge in [0.1, 0.15) is 0 Å². The molecular weight excluding hydrogens is 318 g/mol. The van der Waals surface area contributed by atoms with Crippen LogP contribution in [-0.4, -0.2) is 29.8 Å². The molecule has 1 aromatic carbocycles. The van der Waals surface area contributed by atoms with Crippen LogP contribution in [0.2, 0.25) is 0 Å². The number of ether oxygens (including phenoxy) is 1. The first-order valence-electron chi connectivity index (χ1n) is 6.97. The van der Waals surface area contributed by atoms with Gasteiger partial charge in [-0.1, -0.05) is 6.07 Å². The van der Waals surface area contributed by atoms with Crippen molar-refractivity contribution >= 4 is 29.2 Å². The van der Waals surface area contributed by atoms with Gasteiger partial charge in [0.2, 0.25) is 11.8 Å². The van der Waals surface area contributed by atoms with Crippen molar-refractivity contribution in [1.29, 1.82) is 0 Å². The maximum atomic E-state index is 12.5. The van der Waals surface area contributed by atoms with Crippen molar-refractivity contribution < 1.29 is 24.0 Å². The number of methoxy groups -OCH3 is 1. The van der Waals surface area contributed by atoms with Gasteiger partial charge in [0.05, 0.1) is 23.5 Å². The molecule has 2 N–H and O–H groups in total. The van der Waals surface area contributed by atoms with E-state index in [4.69, 9.17) is 0 Å². The standard InChI is InChI=1S/C15H15N3O6/c1-8-13(15(21)24-2)11(7-12(19)16-8)14(20)17-9-4-3-5-10(6-9)18(22)23/h3-6,11H,7H2,1-2H3,(H,16,19)(H,17,20). The van der Waals surface area contributed by atoms with Crippen molar-refractivity contribution in [3.8, 4) is 0 Å². The lowest BCUT2D eigenvalue weighted by Gasteiger charge is -2.25. The summed E-state index contributed by atoms with van der Waals surface area (Å²) in [5.41, 5.74) is 0.313. The molecule has 1 heterocycles. The summed E-state index contributed by atoms with van der Waals surface area (Å²) in [5.74, 6) is -2.78. The fourth-order valence-electron chi connectivity index (χ4n) is 2.43. The largest absolute Gasteiger partial charge is 0.466 e. The molecule has 9 nitrogen and oxygen atoms in total. The second-order valence-electron chi connectivity index (χ2n) is 5.13. The van der Waals surface area contributed by atoms with Gasteiger partial charge < -0.3 is 15.4 Å². The summed E-state index contributed by atoms with van der Waals surface area (Å²) < 4.78 is 4.66. The SMILES string of the molecule is COC(=O)C1=C(C)NC(=O)CC1C(=O)Nc1cccc([N+](=O)[O-])c1. The number of nitrogens with one attached hydrogen (secondary N) is 2. The van der Waals surface area contributed by atoms with Crippen LogP contribution in [-0.2, 0) is 19.1 Å². The van der Waals surface area contributed by atoms with E-state index in [2.05, 4.69) is 15.4 Å². The van der Waals surface area contributed by atoms with E-state index < -0.39 is 28.6 Å². The van der Waals surface area contributed by atoms with E-state index in [1.807, 2.05) is 0 Å². The van der Waals surface area contributed by atoms with Crippen molar-refractivity contribution in [2.45, 2.75) is 13.3 Å². The van der Waals surface area contributed by atoms with Crippen molar-refractivity contribution in [3.63, 3.8) is 0 Å². The Labute approximate surface area is 136 Å². The number of hydrogen-bond donors (Lipinski definition) is 2. The lowest BCUT2D eigenvalue weighted by Crippen LogP contribution is -2.40. The number of benzene rings is 1. The Balaban J connectivity index is 2.28. The molecule has 1 aliphatic rings. The predicted molar refractivity (Wildman–Crippen MR) is 82.7 cm³/mol. The molecule has 1 unspecified atom stereocenters. The van der Waals surface area contributed by atoms with Gasteiger partial charge in [-0.2, -0.15) is 0 Å². The summed E-state index contributed by atoms with van der Waals surface area (Å²) in [6, 6.07) is 5.37. The minimum atomic E-state index is -1.04. The fourth-order valence-corrected chi connectivity index (χ4v) is 2.43. The number of non-ortho nitro benzene ring substituents is 1. The van der Waals surface area contributed by atoms with Gasteiger partial charge in [-0.05, 0) is 13.0 Å². The Morgan fingerprint density at radius 3 is 2.75 bits per heavy atom. The maximum absolute atomic E-state index is 12.5. The third kappa shape index (κ3) is 3.57. The van der Waals surface area contributed by atoms with Crippen LogP contribution < -0.4 is 10.6 Å². The highest BCUT2D eigenvalue weighted by molar-refractivity contribution is 6.06. The number of nitrogens with zero attached hydrogens (tertiary/aromatic N) is 1. The minimum absolute atomic E-state index is 0.0556. The Morgan fingerprint density at radius 1 is 1.42 bits per heavy atom. The van der Waals surface area contributed by atoms with E-state index in [0.29, 0.717) is 0 Å². The molecule has 1 aliphatic heterocycles. The van der Waals surface area contributed by atoms with Crippen molar-refractivity contribution in [1.82, 2.24) is 5.32 Å². The van der Waals surface area contributed by atoms with Gasteiger partial charge in [-0.15, -0.1) is 0 Å². The van der Waals surface area contributed by atoms with Crippen LogP contribution in [0, 0.1) is 16.0 Å². The first-order chi connectivity index (χ1) is 11.3. The van der Waals surface area contributed by atoms with Gasteiger partial charge in [-0.3, -0.25) is 19.7 Å². The third-order valence-electron chi connectivity index (χ3n) is 3.52. The number of nitro groups is 1. The first-order valence-corrected chi connectivity index (χ1v) is 6.97. The summed E-state index contributed by atoms with van der Waals surface area (Å²) in [6.45, 7) is 1.50. The Bertz CT molecular complexity index is 755. The summed E-state index contributed by atoms with van der Waals surface area (Å²) in [6.07, 6.45) is -0.220. The summed E-state index contributed by atoms with van der Waals surface area (Å²) in [5, 5.41) is 15.8. The highest BCUT2D eigenvalue weighted by atomic mass is 16.6. The summed E-state index contributed by atoms with van der Waals surface area (Å²) >= 11 is 0. The molecule has 1 aromatic rings. The maximum Gasteiger partial charge on any atom is 0.336 e. The van der Waals surface area contributed by atoms with Crippen LogP contribution in [0.25, 0.3) is 0 Å². The topological polar surface area (TPSA) is 128 Å². The number of carbonyl (C=O) groups excluding carboxylic acids is 3. The molecule has 0 radical (unpaired) electrons. The molecule has 126 valence electrons. The number of nitro benzene ring substituents is 1. The number of esters is 1. The average molecular weight is 333 g/mol. The minimum Gasteiger partial charge on any atom is -0.466 e. The van der Waals surface area contributed by atoms with E-state index in [0.717, 1.165) is 0 Å². The molecule has 0 saturated carbocycles. The van der Waals surface area contributed by atoms with Crippen molar-refractivity contribution in [2.75, 3.05) is 12.4 Å². The number of amides is 2. The third-order valence-corrected chi connectivity index (χ3v) is 3.52. The van der Waals surface area contributed by atoms with E-state index in [-0.39, 0.29) is 29.1 Å². The monoisotopic (exact) mass is 333 g/mol. The van der Waals surface area contributed by atoms with Crippen LogP contribution in [0.1, 0.15) is 13.3 Å². The first kappa shape index (κ1) is 17.1. The van der Waals surface area contributed by atoms with Crippen LogP contribution in [0.3, 0.4) is 0 Å². The average Bonchev–Trinajstić information content (AvgIpc) is 2.53. The predicted octanol–water partition coefficient (Wildman–Crippen LogP) is 1.12. The van der Waals surface area contributed by atoms with Crippen molar-refractivity contribution in [3.05, 3.63) is 45.6 Å². The second-order valence-corrected chi connectivity index (χ2v) is 5.13. The van der Waals surface area contributed by atoms with Gasteiger partial charge in [0.25, 0.3) is 5.69 Å². The van der Waals surface area contributed by atoms with Gasteiger partial charge in [0.15, 0.2) is 0 Å². The van der Waals surface area contributed by atoms with Crippen LogP contribution in [0.5, 0.6) is 0 Å². The Morgan fingerprint density at radius 2 is 2.12 bits per heavy atom. The Hall–Kier alpha value is -3.23. The normalized spacial score (nSPS) is 17.1. The summed E-state index contributed by atoms with van der Waals surface area (Å²) in [7, 11) is 1.18. The Kier molecular flexibility index (Phi) is 4.93. The molecule has 0 aromatic heterocycles. The summed E-state index contributed by atoms with van der Waals surface area (Å²) in [4.78, 5) is 46.2. The van der Waals surface area contributed by atoms with E-state index >= 15 is 0 Å².